The highest BCUT2D eigenvalue weighted by molar-refractivity contribution is 6.66. The molecule has 4 rings (SSSR count). The Balaban J connectivity index is 1.78. The zero-order chi connectivity index (χ0) is 23.3. The normalized spacial score (nSPS) is 16.9. The Morgan fingerprint density at radius 3 is 2.00 bits per heavy atom. The van der Waals surface area contributed by atoms with Crippen molar-refractivity contribution < 1.29 is 14.0 Å². The van der Waals surface area contributed by atoms with Crippen LogP contribution in [-0.2, 0) is 9.31 Å². The third kappa shape index (κ3) is 3.92. The molecule has 0 aliphatic carbocycles. The molecule has 1 saturated heterocycles. The number of halogens is 2. The largest absolute Gasteiger partial charge is 0.496 e. The van der Waals surface area contributed by atoms with Crippen LogP contribution in [0.4, 0.5) is 0 Å². The summed E-state index contributed by atoms with van der Waals surface area (Å²) in [5.41, 5.74) is 3.99. The monoisotopic (exact) mass is 469 g/mol. The molecule has 166 valence electrons. The summed E-state index contributed by atoms with van der Waals surface area (Å²) in [6.45, 7) is 10.0. The smallest absolute Gasteiger partial charge is 0.481 e. The highest BCUT2D eigenvalue weighted by Crippen LogP contribution is 2.41. The standard InChI is InChI=1S/C25H26BCl2NO3/c1-15-13-14-20(29-23(15)30-6)18-11-7-9-16(21(18)27)17-10-8-12-19(22(17)28)26-31-24(2,3)25(4,5)32-26/h7-14H,1-6H3. The van der Waals surface area contributed by atoms with Gasteiger partial charge in [-0.15, -0.1) is 0 Å². The maximum atomic E-state index is 6.89. The van der Waals surface area contributed by atoms with E-state index < -0.39 is 18.3 Å². The van der Waals surface area contributed by atoms with Crippen LogP contribution in [0.2, 0.25) is 10.0 Å². The summed E-state index contributed by atoms with van der Waals surface area (Å²) >= 11 is 13.8. The molecule has 3 aromatic rings. The predicted octanol–water partition coefficient (Wildman–Crippen LogP) is 6.34. The number of nitrogens with zero attached hydrogens (tertiary/aromatic N) is 1. The Kier molecular flexibility index (Phi) is 6.06. The van der Waals surface area contributed by atoms with Crippen LogP contribution in [0.15, 0.2) is 48.5 Å². The fourth-order valence-electron chi connectivity index (χ4n) is 3.71. The van der Waals surface area contributed by atoms with Gasteiger partial charge in [0, 0.05) is 32.7 Å². The lowest BCUT2D eigenvalue weighted by molar-refractivity contribution is 0.00578. The van der Waals surface area contributed by atoms with Gasteiger partial charge in [-0.3, -0.25) is 0 Å². The third-order valence-electron chi connectivity index (χ3n) is 6.34. The van der Waals surface area contributed by atoms with Crippen LogP contribution in [-0.4, -0.2) is 30.4 Å². The number of aryl methyl sites for hydroxylation is 1. The van der Waals surface area contributed by atoms with Crippen LogP contribution in [0, 0.1) is 6.92 Å². The van der Waals surface area contributed by atoms with Gasteiger partial charge >= 0.3 is 7.12 Å². The summed E-state index contributed by atoms with van der Waals surface area (Å²) in [7, 11) is 1.05. The van der Waals surface area contributed by atoms with Gasteiger partial charge in [0.2, 0.25) is 5.88 Å². The molecule has 2 aromatic carbocycles. The van der Waals surface area contributed by atoms with Crippen molar-refractivity contribution in [2.75, 3.05) is 7.11 Å². The van der Waals surface area contributed by atoms with E-state index in [-0.39, 0.29) is 0 Å². The fraction of sp³-hybridized carbons (Fsp3) is 0.320. The zero-order valence-electron chi connectivity index (χ0n) is 19.1. The molecule has 0 atom stereocenters. The van der Waals surface area contributed by atoms with E-state index in [2.05, 4.69) is 4.98 Å². The molecule has 4 nitrogen and oxygen atoms in total. The second-order valence-electron chi connectivity index (χ2n) is 8.99. The number of methoxy groups -OCH3 is 1. The van der Waals surface area contributed by atoms with E-state index in [1.165, 1.54) is 0 Å². The molecule has 0 radical (unpaired) electrons. The summed E-state index contributed by atoms with van der Waals surface area (Å²) in [6.07, 6.45) is 0. The minimum absolute atomic E-state index is 0.454. The Morgan fingerprint density at radius 1 is 0.812 bits per heavy atom. The molecule has 0 bridgehead atoms. The van der Waals surface area contributed by atoms with Gasteiger partial charge in [-0.2, -0.15) is 0 Å². The van der Waals surface area contributed by atoms with Crippen molar-refractivity contribution >= 4 is 35.8 Å². The van der Waals surface area contributed by atoms with E-state index in [9.17, 15) is 0 Å². The average Bonchev–Trinajstić information content (AvgIpc) is 2.96. The molecule has 32 heavy (non-hydrogen) atoms. The fourth-order valence-corrected chi connectivity index (χ4v) is 4.36. The number of rotatable bonds is 4. The SMILES string of the molecule is COc1nc(-c2cccc(-c3cccc(B4OC(C)(C)C(C)(C)O4)c3Cl)c2Cl)ccc1C. The van der Waals surface area contributed by atoms with Gasteiger partial charge in [0.15, 0.2) is 0 Å². The average molecular weight is 470 g/mol. The van der Waals surface area contributed by atoms with Crippen LogP contribution < -0.4 is 10.2 Å². The first-order valence-corrected chi connectivity index (χ1v) is 11.3. The van der Waals surface area contributed by atoms with Crippen molar-refractivity contribution in [3.05, 3.63) is 64.1 Å². The molecule has 1 aromatic heterocycles. The second kappa shape index (κ2) is 8.38. The Morgan fingerprint density at radius 2 is 1.38 bits per heavy atom. The highest BCUT2D eigenvalue weighted by atomic mass is 35.5. The van der Waals surface area contributed by atoms with Gasteiger partial charge in [0.05, 0.1) is 29.0 Å². The third-order valence-corrected chi connectivity index (χ3v) is 7.17. The predicted molar refractivity (Wildman–Crippen MR) is 132 cm³/mol. The van der Waals surface area contributed by atoms with Crippen molar-refractivity contribution in [1.82, 2.24) is 4.98 Å². The van der Waals surface area contributed by atoms with Gasteiger partial charge in [-0.25, -0.2) is 4.98 Å². The Bertz CT molecular complexity index is 1160. The molecular formula is C25H26BCl2NO3. The first kappa shape index (κ1) is 23.1. The summed E-state index contributed by atoms with van der Waals surface area (Å²) in [4.78, 5) is 4.61. The minimum Gasteiger partial charge on any atom is -0.481 e. The molecule has 0 amide bonds. The number of pyridine rings is 1. The van der Waals surface area contributed by atoms with Gasteiger partial charge < -0.3 is 14.0 Å². The molecule has 7 heteroatoms. The van der Waals surface area contributed by atoms with Crippen LogP contribution in [0.3, 0.4) is 0 Å². The van der Waals surface area contributed by atoms with E-state index in [1.54, 1.807) is 7.11 Å². The number of ether oxygens (including phenoxy) is 1. The van der Waals surface area contributed by atoms with Crippen LogP contribution >= 0.6 is 23.2 Å². The highest BCUT2D eigenvalue weighted by Gasteiger charge is 2.52. The first-order valence-electron chi connectivity index (χ1n) is 10.5. The quantitative estimate of drug-likeness (QED) is 0.418. The zero-order valence-corrected chi connectivity index (χ0v) is 20.6. The van der Waals surface area contributed by atoms with Gasteiger partial charge in [0.25, 0.3) is 0 Å². The number of hydrogen-bond acceptors (Lipinski definition) is 4. The van der Waals surface area contributed by atoms with Crippen LogP contribution in [0.1, 0.15) is 33.3 Å². The summed E-state index contributed by atoms with van der Waals surface area (Å²) < 4.78 is 17.8. The molecular weight excluding hydrogens is 444 g/mol. The molecule has 2 heterocycles. The molecule has 0 N–H and O–H groups in total. The molecule has 0 spiro atoms. The van der Waals surface area contributed by atoms with Crippen molar-refractivity contribution in [2.45, 2.75) is 45.8 Å². The van der Waals surface area contributed by atoms with Crippen molar-refractivity contribution in [3.8, 4) is 28.3 Å². The molecule has 1 aliphatic rings. The number of hydrogen-bond donors (Lipinski definition) is 0. The van der Waals surface area contributed by atoms with Gasteiger partial charge in [-0.05, 0) is 40.7 Å². The lowest BCUT2D eigenvalue weighted by Gasteiger charge is -2.32. The lowest BCUT2D eigenvalue weighted by atomic mass is 9.77. The van der Waals surface area contributed by atoms with Crippen molar-refractivity contribution in [3.63, 3.8) is 0 Å². The van der Waals surface area contributed by atoms with Crippen LogP contribution in [0.25, 0.3) is 22.4 Å². The van der Waals surface area contributed by atoms with Crippen molar-refractivity contribution in [2.24, 2.45) is 0 Å². The number of aromatic nitrogens is 1. The van der Waals surface area contributed by atoms with Gasteiger partial charge in [0.1, 0.15) is 0 Å². The molecule has 1 aliphatic heterocycles. The van der Waals surface area contributed by atoms with Crippen molar-refractivity contribution in [1.29, 1.82) is 0 Å². The maximum Gasteiger partial charge on any atom is 0.496 e. The lowest BCUT2D eigenvalue weighted by Crippen LogP contribution is -2.41. The van der Waals surface area contributed by atoms with Gasteiger partial charge in [-0.1, -0.05) is 65.7 Å². The molecule has 0 unspecified atom stereocenters. The second-order valence-corrected chi connectivity index (χ2v) is 9.74. The van der Waals surface area contributed by atoms with E-state index in [4.69, 9.17) is 37.2 Å². The van der Waals surface area contributed by atoms with E-state index >= 15 is 0 Å². The first-order chi connectivity index (χ1) is 15.1. The summed E-state index contributed by atoms with van der Waals surface area (Å²) in [6, 6.07) is 15.6. The van der Waals surface area contributed by atoms with E-state index in [0.29, 0.717) is 15.9 Å². The number of benzene rings is 2. The van der Waals surface area contributed by atoms with E-state index in [0.717, 1.165) is 33.4 Å². The summed E-state index contributed by atoms with van der Waals surface area (Å²) in [5, 5.41) is 1.12. The molecule has 0 saturated carbocycles. The topological polar surface area (TPSA) is 40.6 Å². The molecule has 1 fully saturated rings. The van der Waals surface area contributed by atoms with E-state index in [1.807, 2.05) is 83.1 Å². The van der Waals surface area contributed by atoms with Crippen LogP contribution in [0.5, 0.6) is 5.88 Å². The minimum atomic E-state index is -0.558. The Labute approximate surface area is 200 Å². The summed E-state index contributed by atoms with van der Waals surface area (Å²) in [5.74, 6) is 0.574. The maximum absolute atomic E-state index is 6.89. The Hall–Kier alpha value is -2.05.